The molecule has 3 atom stereocenters. The minimum absolute atomic E-state index is 0.0484. The Morgan fingerprint density at radius 3 is 2.08 bits per heavy atom. The summed E-state index contributed by atoms with van der Waals surface area (Å²) in [5, 5.41) is 0. The van der Waals surface area contributed by atoms with Crippen LogP contribution >= 0.6 is 0 Å². The third-order valence-corrected chi connectivity index (χ3v) is 6.95. The number of alkyl halides is 6. The molecule has 0 bridgehead atoms. The van der Waals surface area contributed by atoms with Gasteiger partial charge in [-0.1, -0.05) is 12.1 Å². The Morgan fingerprint density at radius 1 is 0.949 bits per heavy atom. The Kier molecular flexibility index (Phi) is 7.79. The molecule has 1 aliphatic carbocycles. The van der Waals surface area contributed by atoms with Crippen LogP contribution in [0.15, 0.2) is 53.7 Å². The first-order valence-electron chi connectivity index (χ1n) is 12.0. The molecule has 2 aromatic carbocycles. The van der Waals surface area contributed by atoms with Crippen LogP contribution in [0.4, 0.5) is 30.7 Å². The molecule has 39 heavy (non-hydrogen) atoms. The summed E-state index contributed by atoms with van der Waals surface area (Å²) in [6.45, 7) is 1.64. The summed E-state index contributed by atoms with van der Waals surface area (Å²) in [4.78, 5) is 26.4. The van der Waals surface area contributed by atoms with Gasteiger partial charge in [0.2, 0.25) is 0 Å². The smallest absolute Gasteiger partial charge is 0.416 e. The Hall–Kier alpha value is -3.41. The molecule has 1 aliphatic heterocycles. The van der Waals surface area contributed by atoms with Crippen LogP contribution in [0.5, 0.6) is 0 Å². The fraction of sp³-hybridized carbons (Fsp3) is 0.407. The van der Waals surface area contributed by atoms with Gasteiger partial charge in [0.05, 0.1) is 30.4 Å². The van der Waals surface area contributed by atoms with Crippen LogP contribution in [-0.2, 0) is 31.4 Å². The topological polar surface area (TPSA) is 55.8 Å². The SMILES string of the molecule is COC(=O)C1=C(N2C[C@H](O[C@H](C)c3cc(C(F)(F)F)cc(C(F)(F)F)c3)[C@@H](c3ccc(F)cc3)C2)CCC1=O. The van der Waals surface area contributed by atoms with Gasteiger partial charge in [-0.05, 0) is 54.8 Å². The van der Waals surface area contributed by atoms with E-state index in [0.29, 0.717) is 23.4 Å². The maximum Gasteiger partial charge on any atom is 0.416 e. The molecular formula is C27H24F7NO4. The highest BCUT2D eigenvalue weighted by molar-refractivity contribution is 6.19. The summed E-state index contributed by atoms with van der Waals surface area (Å²) >= 11 is 0. The van der Waals surface area contributed by atoms with Crippen molar-refractivity contribution in [1.29, 1.82) is 0 Å². The first kappa shape index (κ1) is 28.6. The van der Waals surface area contributed by atoms with Gasteiger partial charge in [0, 0.05) is 31.1 Å². The van der Waals surface area contributed by atoms with Crippen molar-refractivity contribution in [3.63, 3.8) is 0 Å². The second-order valence-electron chi connectivity index (χ2n) is 9.46. The van der Waals surface area contributed by atoms with E-state index < -0.39 is 59.2 Å². The lowest BCUT2D eigenvalue weighted by Crippen LogP contribution is -2.26. The van der Waals surface area contributed by atoms with E-state index in [-0.39, 0.29) is 43.1 Å². The number of methoxy groups -OCH3 is 1. The zero-order valence-electron chi connectivity index (χ0n) is 20.8. The summed E-state index contributed by atoms with van der Waals surface area (Å²) < 4.78 is 105. The monoisotopic (exact) mass is 559 g/mol. The van der Waals surface area contributed by atoms with Crippen molar-refractivity contribution in [3.8, 4) is 0 Å². The van der Waals surface area contributed by atoms with Gasteiger partial charge in [0.1, 0.15) is 11.4 Å². The molecule has 2 aliphatic rings. The number of hydrogen-bond donors (Lipinski definition) is 0. The number of benzene rings is 2. The average molecular weight is 559 g/mol. The van der Waals surface area contributed by atoms with Crippen LogP contribution in [0, 0.1) is 5.82 Å². The Bertz CT molecular complexity index is 1250. The van der Waals surface area contributed by atoms with E-state index in [2.05, 4.69) is 0 Å². The molecule has 0 aromatic heterocycles. The summed E-state index contributed by atoms with van der Waals surface area (Å²) in [6.07, 6.45) is -11.7. The molecule has 0 N–H and O–H groups in total. The van der Waals surface area contributed by atoms with E-state index in [1.165, 1.54) is 31.2 Å². The minimum atomic E-state index is -5.01. The van der Waals surface area contributed by atoms with Gasteiger partial charge in [-0.2, -0.15) is 26.3 Å². The lowest BCUT2D eigenvalue weighted by atomic mass is 9.95. The van der Waals surface area contributed by atoms with Crippen molar-refractivity contribution in [3.05, 3.63) is 81.8 Å². The largest absolute Gasteiger partial charge is 0.465 e. The number of rotatable bonds is 6. The highest BCUT2D eigenvalue weighted by Crippen LogP contribution is 2.41. The zero-order chi connectivity index (χ0) is 28.7. The molecule has 1 fully saturated rings. The molecule has 0 spiro atoms. The number of halogens is 7. The van der Waals surface area contributed by atoms with Crippen LogP contribution < -0.4 is 0 Å². The van der Waals surface area contributed by atoms with Crippen LogP contribution in [0.2, 0.25) is 0 Å². The third-order valence-electron chi connectivity index (χ3n) is 6.95. The highest BCUT2D eigenvalue weighted by atomic mass is 19.4. The number of Topliss-reactive ketones (excluding diaryl/α,β-unsaturated/α-hetero) is 1. The van der Waals surface area contributed by atoms with Crippen molar-refractivity contribution in [2.75, 3.05) is 20.2 Å². The zero-order valence-corrected chi connectivity index (χ0v) is 20.8. The highest BCUT2D eigenvalue weighted by Gasteiger charge is 2.42. The molecule has 0 unspecified atom stereocenters. The van der Waals surface area contributed by atoms with Crippen molar-refractivity contribution < 1.29 is 49.8 Å². The van der Waals surface area contributed by atoms with Gasteiger partial charge < -0.3 is 14.4 Å². The van der Waals surface area contributed by atoms with Crippen molar-refractivity contribution in [1.82, 2.24) is 4.90 Å². The fourth-order valence-corrected chi connectivity index (χ4v) is 5.01. The van der Waals surface area contributed by atoms with Gasteiger partial charge in [-0.3, -0.25) is 4.79 Å². The molecule has 0 amide bonds. The maximum atomic E-state index is 13.6. The Labute approximate surface area is 219 Å². The molecule has 4 rings (SSSR count). The summed E-state index contributed by atoms with van der Waals surface area (Å²) in [5.41, 5.74) is -2.29. The van der Waals surface area contributed by atoms with Crippen LogP contribution in [0.1, 0.15) is 54.0 Å². The van der Waals surface area contributed by atoms with Gasteiger partial charge in [0.15, 0.2) is 5.78 Å². The first-order chi connectivity index (χ1) is 18.2. The Balaban J connectivity index is 1.69. The maximum absolute atomic E-state index is 13.6. The standard InChI is InChI=1S/C27H24F7NO4/c1-14(16-9-17(26(29,30)31)11-18(10-16)27(32,33)34)39-23-13-35(12-20(23)15-3-5-19(28)6-4-15)21-7-8-22(36)24(21)25(37)38-2/h3-6,9-11,14,20,23H,7-8,12-13H2,1-2H3/t14-,20-,23+/m1/s1. The van der Waals surface area contributed by atoms with Crippen LogP contribution in [0.3, 0.4) is 0 Å². The number of nitrogens with zero attached hydrogens (tertiary/aromatic N) is 1. The lowest BCUT2D eigenvalue weighted by molar-refractivity contribution is -0.143. The number of esters is 1. The molecule has 1 heterocycles. The summed E-state index contributed by atoms with van der Waals surface area (Å²) in [5.74, 6) is -2.19. The molecule has 12 heteroatoms. The normalized spacial score (nSPS) is 21.1. The van der Waals surface area contributed by atoms with Crippen molar-refractivity contribution >= 4 is 11.8 Å². The van der Waals surface area contributed by atoms with E-state index in [1.807, 2.05) is 0 Å². The van der Waals surface area contributed by atoms with Gasteiger partial charge in [-0.15, -0.1) is 0 Å². The van der Waals surface area contributed by atoms with Crippen molar-refractivity contribution in [2.24, 2.45) is 0 Å². The van der Waals surface area contributed by atoms with E-state index in [9.17, 15) is 40.3 Å². The summed E-state index contributed by atoms with van der Waals surface area (Å²) in [7, 11) is 1.14. The van der Waals surface area contributed by atoms with Gasteiger partial charge >= 0.3 is 18.3 Å². The summed E-state index contributed by atoms with van der Waals surface area (Å²) in [6, 6.07) is 6.74. The second-order valence-corrected chi connectivity index (χ2v) is 9.46. The van der Waals surface area contributed by atoms with Crippen molar-refractivity contribution in [2.45, 2.75) is 50.2 Å². The molecule has 0 radical (unpaired) electrons. The van der Waals surface area contributed by atoms with Crippen LogP contribution in [-0.4, -0.2) is 43.0 Å². The molecule has 210 valence electrons. The van der Waals surface area contributed by atoms with Crippen LogP contribution in [0.25, 0.3) is 0 Å². The van der Waals surface area contributed by atoms with E-state index in [0.717, 1.165) is 7.11 Å². The van der Waals surface area contributed by atoms with E-state index in [1.54, 1.807) is 4.90 Å². The second kappa shape index (κ2) is 10.6. The molecule has 1 saturated heterocycles. The average Bonchev–Trinajstić information content (AvgIpc) is 3.46. The molecular weight excluding hydrogens is 535 g/mol. The van der Waals surface area contributed by atoms with Gasteiger partial charge in [-0.25, -0.2) is 9.18 Å². The number of hydrogen-bond acceptors (Lipinski definition) is 5. The number of carbonyl (C=O) groups is 2. The number of carbonyl (C=O) groups excluding carboxylic acids is 2. The first-order valence-corrected chi connectivity index (χ1v) is 12.0. The lowest BCUT2D eigenvalue weighted by Gasteiger charge is -2.25. The predicted octanol–water partition coefficient (Wildman–Crippen LogP) is 6.20. The van der Waals surface area contributed by atoms with E-state index >= 15 is 0 Å². The van der Waals surface area contributed by atoms with Gasteiger partial charge in [0.25, 0.3) is 0 Å². The number of likely N-dealkylation sites (tertiary alicyclic amines) is 1. The Morgan fingerprint density at radius 2 is 1.54 bits per heavy atom. The number of ether oxygens (including phenoxy) is 2. The molecule has 0 saturated carbocycles. The molecule has 2 aromatic rings. The number of allylic oxidation sites excluding steroid dienone is 1. The minimum Gasteiger partial charge on any atom is -0.465 e. The number of ketones is 1. The predicted molar refractivity (Wildman–Crippen MR) is 124 cm³/mol. The quantitative estimate of drug-likeness (QED) is 0.240. The fourth-order valence-electron chi connectivity index (χ4n) is 5.01. The van der Waals surface area contributed by atoms with E-state index in [4.69, 9.17) is 9.47 Å². The third kappa shape index (κ3) is 6.10. The molecule has 5 nitrogen and oxygen atoms in total.